The summed E-state index contributed by atoms with van der Waals surface area (Å²) < 4.78 is 5.90. The molecule has 0 bridgehead atoms. The summed E-state index contributed by atoms with van der Waals surface area (Å²) in [4.78, 5) is 7.08. The van der Waals surface area contributed by atoms with E-state index in [4.69, 9.17) is 4.74 Å². The molecule has 3 atom stereocenters. The minimum atomic E-state index is 0.227. The quantitative estimate of drug-likeness (QED) is 0.595. The molecule has 2 aliphatic heterocycles. The second-order valence-electron chi connectivity index (χ2n) is 8.26. The predicted octanol–water partition coefficient (Wildman–Crippen LogP) is 2.25. The summed E-state index contributed by atoms with van der Waals surface area (Å²) in [5, 5.41) is 3.79. The summed E-state index contributed by atoms with van der Waals surface area (Å²) in [6, 6.07) is 0.515. The Bertz CT molecular complexity index is 455. The van der Waals surface area contributed by atoms with Gasteiger partial charge in [-0.05, 0) is 31.1 Å². The van der Waals surface area contributed by atoms with Crippen LogP contribution in [0.5, 0.6) is 0 Å². The Labute approximate surface area is 128 Å². The van der Waals surface area contributed by atoms with Gasteiger partial charge >= 0.3 is 0 Å². The maximum absolute atomic E-state index is 5.90. The number of aliphatic imine (C=N–C) groups is 1. The van der Waals surface area contributed by atoms with Crippen molar-refractivity contribution in [1.82, 2.24) is 10.2 Å². The maximum Gasteiger partial charge on any atom is 0.193 e. The lowest BCUT2D eigenvalue weighted by Gasteiger charge is -2.55. The van der Waals surface area contributed by atoms with Gasteiger partial charge in [-0.1, -0.05) is 20.3 Å². The Morgan fingerprint density at radius 2 is 2.10 bits per heavy atom. The fraction of sp³-hybridized carbons (Fsp3) is 0.941. The second kappa shape index (κ2) is 4.61. The van der Waals surface area contributed by atoms with E-state index in [0.29, 0.717) is 23.5 Å². The summed E-state index contributed by atoms with van der Waals surface area (Å²) in [5.74, 6) is 1.80. The normalized spacial score (nSPS) is 39.9. The number of hydrogen-bond donors (Lipinski definition) is 1. The molecule has 3 unspecified atom stereocenters. The van der Waals surface area contributed by atoms with Gasteiger partial charge in [-0.3, -0.25) is 4.99 Å². The highest BCUT2D eigenvalue weighted by molar-refractivity contribution is 5.81. The molecule has 2 heterocycles. The largest absolute Gasteiger partial charge is 0.377 e. The summed E-state index contributed by atoms with van der Waals surface area (Å²) in [7, 11) is 1.93. The summed E-state index contributed by atoms with van der Waals surface area (Å²) >= 11 is 0. The van der Waals surface area contributed by atoms with Gasteiger partial charge in [0.25, 0.3) is 0 Å². The highest BCUT2D eigenvalue weighted by Gasteiger charge is 2.60. The summed E-state index contributed by atoms with van der Waals surface area (Å²) in [6.07, 6.45) is 7.28. The number of likely N-dealkylation sites (tertiary alicyclic amines) is 1. The summed E-state index contributed by atoms with van der Waals surface area (Å²) in [6.45, 7) is 7.99. The lowest BCUT2D eigenvalue weighted by atomic mass is 9.57. The first kappa shape index (κ1) is 13.9. The van der Waals surface area contributed by atoms with E-state index in [2.05, 4.69) is 29.1 Å². The van der Waals surface area contributed by atoms with Crippen LogP contribution in [0.1, 0.15) is 46.0 Å². The van der Waals surface area contributed by atoms with Gasteiger partial charge < -0.3 is 15.0 Å². The zero-order valence-electron chi connectivity index (χ0n) is 13.7. The topological polar surface area (TPSA) is 36.9 Å². The van der Waals surface area contributed by atoms with Crippen molar-refractivity contribution in [2.24, 2.45) is 21.7 Å². The van der Waals surface area contributed by atoms with Crippen LogP contribution in [0, 0.1) is 16.7 Å². The highest BCUT2D eigenvalue weighted by Crippen LogP contribution is 2.52. The number of ether oxygens (including phenoxy) is 1. The van der Waals surface area contributed by atoms with Crippen LogP contribution in [-0.2, 0) is 4.74 Å². The van der Waals surface area contributed by atoms with E-state index in [-0.39, 0.29) is 5.41 Å². The smallest absolute Gasteiger partial charge is 0.193 e. The van der Waals surface area contributed by atoms with Crippen molar-refractivity contribution in [2.75, 3.05) is 26.7 Å². The van der Waals surface area contributed by atoms with Crippen LogP contribution in [0.2, 0.25) is 0 Å². The van der Waals surface area contributed by atoms with Crippen LogP contribution in [-0.4, -0.2) is 49.7 Å². The first-order valence-electron chi connectivity index (χ1n) is 8.66. The molecule has 4 aliphatic rings. The molecule has 0 radical (unpaired) electrons. The predicted molar refractivity (Wildman–Crippen MR) is 84.4 cm³/mol. The van der Waals surface area contributed by atoms with E-state index in [9.17, 15) is 0 Å². The van der Waals surface area contributed by atoms with Crippen LogP contribution < -0.4 is 5.32 Å². The standard InChI is InChI=1S/C17H29N3O/c1-16(2)13(12-5-10-21-14(12)16)19-15(18-3)20-9-8-17(11-20)6-4-7-17/h12-14H,4-11H2,1-3H3,(H,18,19). The van der Waals surface area contributed by atoms with E-state index in [1.807, 2.05) is 7.05 Å². The highest BCUT2D eigenvalue weighted by atomic mass is 16.5. The van der Waals surface area contributed by atoms with Crippen LogP contribution >= 0.6 is 0 Å². The first-order valence-corrected chi connectivity index (χ1v) is 8.66. The SMILES string of the molecule is CN=C(NC1C2CCOC2C1(C)C)N1CCC2(CCC2)C1. The van der Waals surface area contributed by atoms with Crippen LogP contribution in [0.4, 0.5) is 0 Å². The van der Waals surface area contributed by atoms with Gasteiger partial charge in [0.15, 0.2) is 5.96 Å². The van der Waals surface area contributed by atoms with E-state index >= 15 is 0 Å². The molecule has 0 amide bonds. The fourth-order valence-electron chi connectivity index (χ4n) is 5.25. The van der Waals surface area contributed by atoms with E-state index in [0.717, 1.165) is 12.6 Å². The summed E-state index contributed by atoms with van der Waals surface area (Å²) in [5.41, 5.74) is 0.858. The molecule has 2 saturated heterocycles. The number of nitrogens with one attached hydrogen (secondary N) is 1. The average molecular weight is 291 g/mol. The van der Waals surface area contributed by atoms with Crippen molar-refractivity contribution in [3.63, 3.8) is 0 Å². The number of fused-ring (bicyclic) bond motifs is 1. The minimum absolute atomic E-state index is 0.227. The van der Waals surface area contributed by atoms with E-state index in [1.54, 1.807) is 0 Å². The Hall–Kier alpha value is -0.770. The van der Waals surface area contributed by atoms with Gasteiger partial charge in [-0.15, -0.1) is 0 Å². The van der Waals surface area contributed by atoms with Crippen molar-refractivity contribution in [1.29, 1.82) is 0 Å². The van der Waals surface area contributed by atoms with Gasteiger partial charge in [0, 0.05) is 44.1 Å². The van der Waals surface area contributed by atoms with Crippen molar-refractivity contribution >= 4 is 5.96 Å². The van der Waals surface area contributed by atoms with E-state index < -0.39 is 0 Å². The molecular formula is C17H29N3O. The van der Waals surface area contributed by atoms with Crippen LogP contribution in [0.25, 0.3) is 0 Å². The molecule has 4 heteroatoms. The first-order chi connectivity index (χ1) is 10.1. The molecular weight excluding hydrogens is 262 g/mol. The monoisotopic (exact) mass is 291 g/mol. The second-order valence-corrected chi connectivity index (χ2v) is 8.26. The van der Waals surface area contributed by atoms with Crippen molar-refractivity contribution < 1.29 is 4.74 Å². The lowest BCUT2D eigenvalue weighted by Crippen LogP contribution is -2.68. The number of guanidine groups is 1. The molecule has 1 spiro atoms. The van der Waals surface area contributed by atoms with Crippen molar-refractivity contribution in [3.8, 4) is 0 Å². The number of rotatable bonds is 1. The number of hydrogen-bond acceptors (Lipinski definition) is 2. The third-order valence-corrected chi connectivity index (χ3v) is 6.75. The van der Waals surface area contributed by atoms with Gasteiger partial charge in [0.2, 0.25) is 0 Å². The molecule has 4 rings (SSSR count). The van der Waals surface area contributed by atoms with Gasteiger partial charge in [-0.2, -0.15) is 0 Å². The van der Waals surface area contributed by atoms with Crippen LogP contribution in [0.3, 0.4) is 0 Å². The molecule has 1 N–H and O–H groups in total. The Morgan fingerprint density at radius 1 is 1.29 bits per heavy atom. The Morgan fingerprint density at radius 3 is 2.71 bits per heavy atom. The lowest BCUT2D eigenvalue weighted by molar-refractivity contribution is -0.107. The molecule has 118 valence electrons. The number of nitrogens with zero attached hydrogens (tertiary/aromatic N) is 2. The molecule has 4 fully saturated rings. The third-order valence-electron chi connectivity index (χ3n) is 6.75. The third kappa shape index (κ3) is 1.94. The molecule has 2 aliphatic carbocycles. The fourth-order valence-corrected chi connectivity index (χ4v) is 5.25. The van der Waals surface area contributed by atoms with Gasteiger partial charge in [0.1, 0.15) is 0 Å². The molecule has 4 nitrogen and oxygen atoms in total. The van der Waals surface area contributed by atoms with Gasteiger partial charge in [-0.25, -0.2) is 0 Å². The maximum atomic E-state index is 5.90. The minimum Gasteiger partial charge on any atom is -0.377 e. The van der Waals surface area contributed by atoms with Crippen molar-refractivity contribution in [3.05, 3.63) is 0 Å². The van der Waals surface area contributed by atoms with Crippen molar-refractivity contribution in [2.45, 2.75) is 58.1 Å². The Kier molecular flexibility index (Phi) is 3.04. The Balaban J connectivity index is 1.43. The van der Waals surface area contributed by atoms with E-state index in [1.165, 1.54) is 45.2 Å². The average Bonchev–Trinajstić information content (AvgIpc) is 3.04. The molecule has 0 aromatic rings. The van der Waals surface area contributed by atoms with Crippen LogP contribution in [0.15, 0.2) is 4.99 Å². The zero-order valence-corrected chi connectivity index (χ0v) is 13.7. The molecule has 2 saturated carbocycles. The molecule has 0 aromatic heterocycles. The molecule has 21 heavy (non-hydrogen) atoms. The van der Waals surface area contributed by atoms with Gasteiger partial charge in [0.05, 0.1) is 6.10 Å². The molecule has 0 aromatic carbocycles. The zero-order chi connectivity index (χ0) is 14.7.